The SMILES string of the molecule is [B]c1c(C/C(=C/C(=C)C(=O)NCc2c(C)cc(C)nc2C)NC)ccc2ncc(C)cc12. The zero-order valence-electron chi connectivity index (χ0n) is 19.5. The molecule has 32 heavy (non-hydrogen) atoms. The van der Waals surface area contributed by atoms with Gasteiger partial charge in [0.05, 0.1) is 5.52 Å². The maximum Gasteiger partial charge on any atom is 0.251 e. The van der Waals surface area contributed by atoms with Crippen LogP contribution in [0.5, 0.6) is 0 Å². The van der Waals surface area contributed by atoms with Crippen molar-refractivity contribution in [3.63, 3.8) is 0 Å². The second-order valence-electron chi connectivity index (χ2n) is 8.17. The van der Waals surface area contributed by atoms with Gasteiger partial charge in [0.25, 0.3) is 5.91 Å². The van der Waals surface area contributed by atoms with E-state index in [4.69, 9.17) is 7.85 Å². The third-order valence-corrected chi connectivity index (χ3v) is 5.58. The zero-order chi connectivity index (χ0) is 23.4. The lowest BCUT2D eigenvalue weighted by Gasteiger charge is -2.14. The van der Waals surface area contributed by atoms with Crippen LogP contribution >= 0.6 is 0 Å². The van der Waals surface area contributed by atoms with E-state index in [0.717, 1.165) is 50.2 Å². The first-order valence-corrected chi connectivity index (χ1v) is 10.6. The highest BCUT2D eigenvalue weighted by atomic mass is 16.1. The average molecular weight is 424 g/mol. The number of rotatable bonds is 7. The Morgan fingerprint density at radius 2 is 1.94 bits per heavy atom. The van der Waals surface area contributed by atoms with Crippen LogP contribution in [0.1, 0.15) is 33.6 Å². The number of carbonyl (C=O) groups is 1. The van der Waals surface area contributed by atoms with Crippen LogP contribution < -0.4 is 16.1 Å². The van der Waals surface area contributed by atoms with Crippen molar-refractivity contribution in [3.05, 3.63) is 88.0 Å². The van der Waals surface area contributed by atoms with Gasteiger partial charge in [0.15, 0.2) is 0 Å². The number of benzene rings is 1. The van der Waals surface area contributed by atoms with E-state index in [1.807, 2.05) is 65.2 Å². The largest absolute Gasteiger partial charge is 0.391 e. The molecule has 2 heterocycles. The molecule has 2 aromatic heterocycles. The number of hydrogen-bond acceptors (Lipinski definition) is 4. The molecule has 0 aliphatic carbocycles. The van der Waals surface area contributed by atoms with Crippen LogP contribution in [0.15, 0.2) is 54.4 Å². The first-order valence-electron chi connectivity index (χ1n) is 10.6. The summed E-state index contributed by atoms with van der Waals surface area (Å²) in [5.74, 6) is -0.219. The maximum absolute atomic E-state index is 12.7. The van der Waals surface area contributed by atoms with Crippen LogP contribution in [0.2, 0.25) is 0 Å². The Morgan fingerprint density at radius 1 is 1.19 bits per heavy atom. The van der Waals surface area contributed by atoms with Gasteiger partial charge in [-0.1, -0.05) is 18.1 Å². The molecule has 0 spiro atoms. The fourth-order valence-corrected chi connectivity index (χ4v) is 3.82. The van der Waals surface area contributed by atoms with Crippen molar-refractivity contribution in [1.82, 2.24) is 20.6 Å². The number of aromatic nitrogens is 2. The van der Waals surface area contributed by atoms with Gasteiger partial charge in [0.2, 0.25) is 0 Å². The number of amides is 1. The van der Waals surface area contributed by atoms with Gasteiger partial charge < -0.3 is 10.6 Å². The van der Waals surface area contributed by atoms with Crippen molar-refractivity contribution in [2.45, 2.75) is 40.7 Å². The molecular formula is C26H29BN4O. The Hall–Kier alpha value is -3.41. The standard InChI is InChI=1S/C26H29BN4O/c1-15-9-22-24(29-13-15)8-7-20(25(22)27)12-21(28-6)11-17(3)26(32)30-14-23-16(2)10-18(4)31-19(23)5/h7-11,13,28H,3,12,14H2,1-2,4-6H3,(H,30,32)/b21-11-. The molecule has 5 nitrogen and oxygen atoms in total. The molecule has 2 N–H and O–H groups in total. The first-order chi connectivity index (χ1) is 15.2. The second-order valence-corrected chi connectivity index (χ2v) is 8.17. The molecule has 0 aliphatic rings. The predicted molar refractivity (Wildman–Crippen MR) is 132 cm³/mol. The number of nitrogens with zero attached hydrogens (tertiary/aromatic N) is 2. The van der Waals surface area contributed by atoms with E-state index in [1.165, 1.54) is 0 Å². The Bertz CT molecular complexity index is 1210. The summed E-state index contributed by atoms with van der Waals surface area (Å²) in [4.78, 5) is 21.6. The predicted octanol–water partition coefficient (Wildman–Crippen LogP) is 3.18. The lowest BCUT2D eigenvalue weighted by molar-refractivity contribution is -0.117. The van der Waals surface area contributed by atoms with Gasteiger partial charge in [-0.15, -0.1) is 0 Å². The topological polar surface area (TPSA) is 66.9 Å². The van der Waals surface area contributed by atoms with E-state index in [2.05, 4.69) is 27.2 Å². The van der Waals surface area contributed by atoms with Crippen molar-refractivity contribution >= 4 is 30.1 Å². The smallest absolute Gasteiger partial charge is 0.251 e. The summed E-state index contributed by atoms with van der Waals surface area (Å²) in [5.41, 5.74) is 8.87. The van der Waals surface area contributed by atoms with Crippen LogP contribution in [0.4, 0.5) is 0 Å². The van der Waals surface area contributed by atoms with Crippen LogP contribution in [0, 0.1) is 27.7 Å². The summed E-state index contributed by atoms with van der Waals surface area (Å²) >= 11 is 0. The van der Waals surface area contributed by atoms with E-state index in [0.29, 0.717) is 24.0 Å². The highest BCUT2D eigenvalue weighted by molar-refractivity contribution is 6.39. The van der Waals surface area contributed by atoms with Gasteiger partial charge in [-0.2, -0.15) is 0 Å². The van der Waals surface area contributed by atoms with E-state index < -0.39 is 0 Å². The number of likely N-dealkylation sites (N-methyl/N-ethyl adjacent to an activating group) is 1. The third-order valence-electron chi connectivity index (χ3n) is 5.58. The molecule has 0 unspecified atom stereocenters. The molecular weight excluding hydrogens is 395 g/mol. The molecule has 0 atom stereocenters. The molecule has 2 radical (unpaired) electrons. The number of carbonyl (C=O) groups excluding carboxylic acids is 1. The molecule has 6 heteroatoms. The molecule has 3 aromatic rings. The Labute approximate surface area is 191 Å². The molecule has 1 amide bonds. The molecule has 0 saturated carbocycles. The first kappa shape index (κ1) is 23.3. The van der Waals surface area contributed by atoms with E-state index in [1.54, 1.807) is 6.08 Å². The number of nitrogens with one attached hydrogen (secondary N) is 2. The molecule has 162 valence electrons. The minimum Gasteiger partial charge on any atom is -0.391 e. The van der Waals surface area contributed by atoms with Gasteiger partial charge in [-0.25, -0.2) is 0 Å². The molecule has 0 bridgehead atoms. The zero-order valence-corrected chi connectivity index (χ0v) is 19.5. The summed E-state index contributed by atoms with van der Waals surface area (Å²) in [6, 6.07) is 8.01. The Balaban J connectivity index is 1.73. The van der Waals surface area contributed by atoms with Crippen molar-refractivity contribution in [2.24, 2.45) is 0 Å². The van der Waals surface area contributed by atoms with Crippen molar-refractivity contribution in [2.75, 3.05) is 7.05 Å². The summed E-state index contributed by atoms with van der Waals surface area (Å²) in [7, 11) is 8.25. The van der Waals surface area contributed by atoms with E-state index in [-0.39, 0.29) is 5.91 Å². The van der Waals surface area contributed by atoms with E-state index >= 15 is 0 Å². The van der Waals surface area contributed by atoms with Gasteiger partial charge in [-0.3, -0.25) is 14.8 Å². The van der Waals surface area contributed by atoms with Gasteiger partial charge in [0, 0.05) is 48.9 Å². The fraction of sp³-hybridized carbons (Fsp3) is 0.269. The van der Waals surface area contributed by atoms with Crippen LogP contribution in [0.25, 0.3) is 10.9 Å². The third kappa shape index (κ3) is 5.25. The average Bonchev–Trinajstić information content (AvgIpc) is 2.74. The number of fused-ring (bicyclic) bond motifs is 1. The van der Waals surface area contributed by atoms with Crippen molar-refractivity contribution in [3.8, 4) is 0 Å². The van der Waals surface area contributed by atoms with E-state index in [9.17, 15) is 4.79 Å². The second kappa shape index (κ2) is 9.81. The molecule has 0 fully saturated rings. The molecule has 1 aromatic carbocycles. The number of hydrogen-bond donors (Lipinski definition) is 2. The summed E-state index contributed by atoms with van der Waals surface area (Å²) in [6.45, 7) is 12.3. The molecule has 0 saturated heterocycles. The maximum atomic E-state index is 12.7. The number of allylic oxidation sites excluding steroid dienone is 1. The van der Waals surface area contributed by atoms with Gasteiger partial charge >= 0.3 is 0 Å². The highest BCUT2D eigenvalue weighted by Gasteiger charge is 2.11. The highest BCUT2D eigenvalue weighted by Crippen LogP contribution is 2.16. The molecule has 0 aliphatic heterocycles. The Morgan fingerprint density at radius 3 is 2.62 bits per heavy atom. The summed E-state index contributed by atoms with van der Waals surface area (Å²) in [5, 5.41) is 7.05. The summed E-state index contributed by atoms with van der Waals surface area (Å²) in [6.07, 6.45) is 4.15. The normalized spacial score (nSPS) is 11.5. The monoisotopic (exact) mass is 424 g/mol. The fourth-order valence-electron chi connectivity index (χ4n) is 3.82. The van der Waals surface area contributed by atoms with Crippen LogP contribution in [-0.4, -0.2) is 30.8 Å². The Kier molecular flexibility index (Phi) is 7.13. The van der Waals surface area contributed by atoms with Crippen LogP contribution in [0.3, 0.4) is 0 Å². The minimum atomic E-state index is -0.219. The lowest BCUT2D eigenvalue weighted by Crippen LogP contribution is -2.25. The van der Waals surface area contributed by atoms with Gasteiger partial charge in [0.1, 0.15) is 7.85 Å². The number of pyridine rings is 2. The minimum absolute atomic E-state index is 0.219. The van der Waals surface area contributed by atoms with Crippen LogP contribution in [-0.2, 0) is 17.8 Å². The summed E-state index contributed by atoms with van der Waals surface area (Å²) < 4.78 is 0. The number of aryl methyl sites for hydroxylation is 4. The van der Waals surface area contributed by atoms with Crippen molar-refractivity contribution < 1.29 is 4.79 Å². The lowest BCUT2D eigenvalue weighted by atomic mass is 9.84. The molecule has 3 rings (SSSR count). The van der Waals surface area contributed by atoms with Crippen molar-refractivity contribution in [1.29, 1.82) is 0 Å². The van der Waals surface area contributed by atoms with Gasteiger partial charge in [-0.05, 0) is 79.6 Å². The quantitative estimate of drug-likeness (QED) is 0.347.